The summed E-state index contributed by atoms with van der Waals surface area (Å²) in [5.41, 5.74) is 12.7. The van der Waals surface area contributed by atoms with Crippen molar-refractivity contribution in [3.05, 3.63) is 94.9 Å². The van der Waals surface area contributed by atoms with E-state index in [0.717, 1.165) is 22.5 Å². The minimum Gasteiger partial charge on any atom is -0.257 e. The van der Waals surface area contributed by atoms with E-state index < -0.39 is 6.85 Å². The fourth-order valence-corrected chi connectivity index (χ4v) is 6.07. The van der Waals surface area contributed by atoms with Crippen LogP contribution in [0.5, 0.6) is 0 Å². The highest BCUT2D eigenvalue weighted by Crippen LogP contribution is 2.57. The molecule has 0 atom stereocenters. The normalized spacial score (nSPS) is 17.4. The molecule has 0 amide bonds. The highest BCUT2D eigenvalue weighted by atomic mass is 14.9. The number of nitrogens with zero attached hydrogens (tertiary/aromatic N) is 2. The molecule has 1 spiro atoms. The molecule has 0 saturated heterocycles. The van der Waals surface area contributed by atoms with Gasteiger partial charge in [-0.05, 0) is 74.0 Å². The zero-order chi connectivity index (χ0) is 25.2. The van der Waals surface area contributed by atoms with Crippen LogP contribution in [0.2, 0.25) is 0 Å². The maximum atomic E-state index is 7.61. The Labute approximate surface area is 201 Å². The molecule has 0 unspecified atom stereocenters. The van der Waals surface area contributed by atoms with E-state index in [0.29, 0.717) is 5.56 Å². The lowest BCUT2D eigenvalue weighted by atomic mass is 9.78. The SMILES string of the molecule is [2H]C([2H])([2H])c1ccc(-c2ccc(-c3cc4c(cc3C)C3(CCCC3)c3nc(C)ccc3-4)[n+](C)c2)cc1. The lowest BCUT2D eigenvalue weighted by Crippen LogP contribution is -2.31. The largest absolute Gasteiger partial charge is 0.257 e. The van der Waals surface area contributed by atoms with Crippen LogP contribution >= 0.6 is 0 Å². The Morgan fingerprint density at radius 2 is 1.61 bits per heavy atom. The Hall–Kier alpha value is -3.26. The van der Waals surface area contributed by atoms with Gasteiger partial charge in [0, 0.05) is 38.0 Å². The van der Waals surface area contributed by atoms with Gasteiger partial charge in [-0.2, -0.15) is 0 Å². The van der Waals surface area contributed by atoms with Crippen LogP contribution in [0.25, 0.3) is 33.5 Å². The maximum absolute atomic E-state index is 7.61. The molecule has 2 aliphatic rings. The molecule has 1 fully saturated rings. The van der Waals surface area contributed by atoms with E-state index in [2.05, 4.69) is 68.1 Å². The molecular formula is C31H31N2+. The smallest absolute Gasteiger partial charge is 0.212 e. The quantitative estimate of drug-likeness (QED) is 0.310. The van der Waals surface area contributed by atoms with Crippen LogP contribution in [-0.2, 0) is 12.5 Å². The van der Waals surface area contributed by atoms with Crippen LogP contribution < -0.4 is 4.57 Å². The van der Waals surface area contributed by atoms with Crippen LogP contribution in [0.3, 0.4) is 0 Å². The van der Waals surface area contributed by atoms with Crippen molar-refractivity contribution < 1.29 is 8.68 Å². The van der Waals surface area contributed by atoms with Gasteiger partial charge >= 0.3 is 0 Å². The summed E-state index contributed by atoms with van der Waals surface area (Å²) in [6.45, 7) is 2.24. The topological polar surface area (TPSA) is 16.8 Å². The molecule has 4 aromatic rings. The van der Waals surface area contributed by atoms with Gasteiger partial charge < -0.3 is 0 Å². The van der Waals surface area contributed by atoms with E-state index in [1.807, 2.05) is 12.1 Å². The molecule has 2 nitrogen and oxygen atoms in total. The average molecular weight is 435 g/mol. The number of fused-ring (bicyclic) bond motifs is 5. The van der Waals surface area contributed by atoms with Gasteiger partial charge in [-0.3, -0.25) is 4.98 Å². The third-order valence-corrected chi connectivity index (χ3v) is 7.74. The summed E-state index contributed by atoms with van der Waals surface area (Å²) in [6.07, 6.45) is 7.03. The first-order valence-electron chi connectivity index (χ1n) is 13.4. The van der Waals surface area contributed by atoms with Crippen molar-refractivity contribution in [3.63, 3.8) is 0 Å². The second-order valence-corrected chi connectivity index (χ2v) is 9.84. The summed E-state index contributed by atoms with van der Waals surface area (Å²) in [5.74, 6) is 0. The van der Waals surface area contributed by atoms with Gasteiger partial charge in [0.15, 0.2) is 6.20 Å². The highest BCUT2D eigenvalue weighted by Gasteiger charge is 2.46. The molecule has 2 heterocycles. The van der Waals surface area contributed by atoms with Gasteiger partial charge in [-0.15, -0.1) is 0 Å². The van der Waals surface area contributed by atoms with Crippen LogP contribution in [0.1, 0.15) is 57.9 Å². The summed E-state index contributed by atoms with van der Waals surface area (Å²) < 4.78 is 25.0. The first-order valence-corrected chi connectivity index (χ1v) is 11.9. The lowest BCUT2D eigenvalue weighted by Gasteiger charge is -2.26. The van der Waals surface area contributed by atoms with Crippen LogP contribution in [0.15, 0.2) is 66.9 Å². The Balaban J connectivity index is 1.43. The number of hydrogen-bond acceptors (Lipinski definition) is 1. The van der Waals surface area contributed by atoms with Gasteiger partial charge in [0.1, 0.15) is 7.05 Å². The van der Waals surface area contributed by atoms with Gasteiger partial charge in [0.05, 0.1) is 5.69 Å². The zero-order valence-corrected chi connectivity index (χ0v) is 19.6. The molecule has 0 N–H and O–H groups in total. The minimum atomic E-state index is -2.08. The van der Waals surface area contributed by atoms with Gasteiger partial charge in [-0.1, -0.05) is 54.8 Å². The number of hydrogen-bond donors (Lipinski definition) is 0. The molecule has 33 heavy (non-hydrogen) atoms. The van der Waals surface area contributed by atoms with Gasteiger partial charge in [0.25, 0.3) is 0 Å². The molecule has 2 aromatic heterocycles. The van der Waals surface area contributed by atoms with Crippen LogP contribution in [0.4, 0.5) is 0 Å². The predicted molar refractivity (Wildman–Crippen MR) is 135 cm³/mol. The molecule has 2 aliphatic carbocycles. The summed E-state index contributed by atoms with van der Waals surface area (Å²) in [7, 11) is 2.08. The number of benzene rings is 2. The van der Waals surface area contributed by atoms with Crippen molar-refractivity contribution in [2.45, 2.75) is 51.8 Å². The first kappa shape index (κ1) is 17.2. The van der Waals surface area contributed by atoms with Crippen molar-refractivity contribution in [2.24, 2.45) is 7.05 Å². The van der Waals surface area contributed by atoms with Crippen molar-refractivity contribution in [1.29, 1.82) is 0 Å². The van der Waals surface area contributed by atoms with E-state index >= 15 is 0 Å². The third kappa shape index (κ3) is 3.08. The minimum absolute atomic E-state index is 0.0763. The zero-order valence-electron chi connectivity index (χ0n) is 22.6. The predicted octanol–water partition coefficient (Wildman–Crippen LogP) is 7.01. The summed E-state index contributed by atoms with van der Waals surface area (Å²) in [6, 6.07) is 20.7. The Morgan fingerprint density at radius 3 is 2.33 bits per heavy atom. The summed E-state index contributed by atoms with van der Waals surface area (Å²) in [4.78, 5) is 5.08. The fourth-order valence-electron chi connectivity index (χ4n) is 6.07. The maximum Gasteiger partial charge on any atom is 0.212 e. The second kappa shape index (κ2) is 7.38. The lowest BCUT2D eigenvalue weighted by molar-refractivity contribution is -0.659. The molecule has 0 aliphatic heterocycles. The van der Waals surface area contributed by atoms with Gasteiger partial charge in [0.2, 0.25) is 5.69 Å². The van der Waals surface area contributed by atoms with Crippen molar-refractivity contribution in [2.75, 3.05) is 0 Å². The molecule has 2 heteroatoms. The van der Waals surface area contributed by atoms with E-state index in [9.17, 15) is 0 Å². The molecule has 0 bridgehead atoms. The summed E-state index contributed by atoms with van der Waals surface area (Å²) in [5, 5.41) is 0. The third-order valence-electron chi connectivity index (χ3n) is 7.74. The second-order valence-electron chi connectivity index (χ2n) is 9.84. The fraction of sp³-hybridized carbons (Fsp3) is 0.290. The number of rotatable bonds is 2. The standard InChI is InChI=1S/C31H31N2/c1-20-7-10-23(11-8-20)24-12-14-29(33(4)19-24)26-18-27-25-13-9-22(3)32-30(25)31(15-5-6-16-31)28(27)17-21(26)2/h7-14,17-19H,5-6,15-16H2,1-4H3/q+1/i1D3. The highest BCUT2D eigenvalue weighted by molar-refractivity contribution is 5.84. The number of aryl methyl sites for hydroxylation is 4. The molecule has 2 aromatic carbocycles. The number of pyridine rings is 2. The van der Waals surface area contributed by atoms with Crippen molar-refractivity contribution in [1.82, 2.24) is 4.98 Å². The Morgan fingerprint density at radius 1 is 0.848 bits per heavy atom. The van der Waals surface area contributed by atoms with E-state index in [1.165, 1.54) is 59.2 Å². The van der Waals surface area contributed by atoms with Crippen molar-refractivity contribution in [3.8, 4) is 33.5 Å². The van der Waals surface area contributed by atoms with Crippen molar-refractivity contribution >= 4 is 0 Å². The Kier molecular flexibility index (Phi) is 3.86. The number of aromatic nitrogens is 2. The van der Waals surface area contributed by atoms with Crippen LogP contribution in [-0.4, -0.2) is 4.98 Å². The van der Waals surface area contributed by atoms with Gasteiger partial charge in [-0.25, -0.2) is 4.57 Å². The van der Waals surface area contributed by atoms with E-state index in [1.54, 1.807) is 12.1 Å². The molecule has 6 rings (SSSR count). The first-order chi connectivity index (χ1) is 17.2. The monoisotopic (exact) mass is 434 g/mol. The summed E-state index contributed by atoms with van der Waals surface area (Å²) >= 11 is 0. The molecule has 164 valence electrons. The van der Waals surface area contributed by atoms with E-state index in [-0.39, 0.29) is 5.41 Å². The van der Waals surface area contributed by atoms with E-state index in [4.69, 9.17) is 9.10 Å². The molecule has 0 radical (unpaired) electrons. The molecule has 1 saturated carbocycles. The van der Waals surface area contributed by atoms with Crippen LogP contribution in [0, 0.1) is 20.7 Å². The Bertz CT molecular complexity index is 1490. The molecular weight excluding hydrogens is 400 g/mol. The average Bonchev–Trinajstić information content (AvgIpc) is 3.43.